The van der Waals surface area contributed by atoms with E-state index in [1.165, 1.54) is 0 Å². The van der Waals surface area contributed by atoms with Gasteiger partial charge in [0.05, 0.1) is 12.3 Å². The van der Waals surface area contributed by atoms with E-state index in [1.54, 1.807) is 0 Å². The van der Waals surface area contributed by atoms with E-state index in [0.29, 0.717) is 25.3 Å². The molecule has 2 rings (SSSR count). The molecule has 0 aliphatic heterocycles. The number of sulfonamides is 1. The Morgan fingerprint density at radius 3 is 2.38 bits per heavy atom. The van der Waals surface area contributed by atoms with Gasteiger partial charge in [-0.05, 0) is 38.0 Å². The van der Waals surface area contributed by atoms with Gasteiger partial charge in [0.1, 0.15) is 0 Å². The molecule has 0 amide bonds. The number of carbonyl (C=O) groups is 1. The number of hydrogen-bond donors (Lipinski definition) is 2. The molecule has 2 saturated carbocycles. The van der Waals surface area contributed by atoms with Gasteiger partial charge >= 0.3 is 12.1 Å². The minimum Gasteiger partial charge on any atom is -0.480 e. The summed E-state index contributed by atoms with van der Waals surface area (Å²) in [5.74, 6) is -0.927. The zero-order valence-electron chi connectivity index (χ0n) is 13.3. The lowest BCUT2D eigenvalue weighted by Gasteiger charge is -2.42. The van der Waals surface area contributed by atoms with Crippen molar-refractivity contribution in [3.8, 4) is 0 Å². The Labute approximate surface area is 139 Å². The molecular formula is C14H23F3N2O4S. The molecule has 0 spiro atoms. The summed E-state index contributed by atoms with van der Waals surface area (Å²) >= 11 is 0. The normalized spacial score (nSPS) is 24.8. The van der Waals surface area contributed by atoms with Crippen LogP contribution in [0.2, 0.25) is 0 Å². The number of carboxylic acid groups (broad SMARTS) is 1. The number of aliphatic carboxylic acids is 1. The van der Waals surface area contributed by atoms with E-state index >= 15 is 0 Å². The molecule has 2 fully saturated rings. The summed E-state index contributed by atoms with van der Waals surface area (Å²) in [6.07, 6.45) is -2.73. The predicted octanol–water partition coefficient (Wildman–Crippen LogP) is 1.58. The van der Waals surface area contributed by atoms with Crippen LogP contribution in [0.3, 0.4) is 0 Å². The van der Waals surface area contributed by atoms with Crippen molar-refractivity contribution in [2.75, 3.05) is 18.8 Å². The molecule has 6 nitrogen and oxygen atoms in total. The highest BCUT2D eigenvalue weighted by Crippen LogP contribution is 2.34. The average Bonchev–Trinajstić information content (AvgIpc) is 3.14. The van der Waals surface area contributed by atoms with Gasteiger partial charge in [-0.1, -0.05) is 0 Å². The van der Waals surface area contributed by atoms with Crippen LogP contribution in [0.4, 0.5) is 13.2 Å². The maximum atomic E-state index is 12.1. The van der Waals surface area contributed by atoms with Crippen molar-refractivity contribution in [1.29, 1.82) is 0 Å². The van der Waals surface area contributed by atoms with Gasteiger partial charge in [-0.15, -0.1) is 0 Å². The number of rotatable bonds is 10. The Bertz CT molecular complexity index is 543. The standard InChI is InChI=1S/C14H23F3N2O4S/c15-14(16,17)4-1-5-24(22,23)18-11-6-12(7-11)19(9-13(20)21)8-10-2-3-10/h10-12,18H,1-9H2,(H,20,21). The Hall–Kier alpha value is -0.870. The molecule has 0 heterocycles. The van der Waals surface area contributed by atoms with E-state index in [2.05, 4.69) is 4.72 Å². The van der Waals surface area contributed by atoms with E-state index < -0.39 is 40.8 Å². The molecule has 0 aromatic rings. The number of carboxylic acids is 1. The first-order valence-electron chi connectivity index (χ1n) is 8.06. The molecule has 0 aromatic heterocycles. The topological polar surface area (TPSA) is 86.7 Å². The quantitative estimate of drug-likeness (QED) is 0.608. The summed E-state index contributed by atoms with van der Waals surface area (Å²) < 4.78 is 62.1. The smallest absolute Gasteiger partial charge is 0.389 e. The van der Waals surface area contributed by atoms with Crippen molar-refractivity contribution < 1.29 is 31.5 Å². The SMILES string of the molecule is O=C(O)CN(CC1CC1)C1CC(NS(=O)(=O)CCCC(F)(F)F)C1. The number of hydrogen-bond acceptors (Lipinski definition) is 4. The van der Waals surface area contributed by atoms with Crippen LogP contribution in [0.1, 0.15) is 38.5 Å². The van der Waals surface area contributed by atoms with Gasteiger partial charge in [0, 0.05) is 25.0 Å². The van der Waals surface area contributed by atoms with Crippen molar-refractivity contribution in [3.63, 3.8) is 0 Å². The number of nitrogens with zero attached hydrogens (tertiary/aromatic N) is 1. The second-order valence-electron chi connectivity index (χ2n) is 6.74. The summed E-state index contributed by atoms with van der Waals surface area (Å²) in [5.41, 5.74) is 0. The lowest BCUT2D eigenvalue weighted by atomic mass is 9.86. The van der Waals surface area contributed by atoms with E-state index in [4.69, 9.17) is 5.11 Å². The summed E-state index contributed by atoms with van der Waals surface area (Å²) in [5, 5.41) is 8.96. The predicted molar refractivity (Wildman–Crippen MR) is 81.0 cm³/mol. The van der Waals surface area contributed by atoms with Gasteiger partial charge in [0.15, 0.2) is 0 Å². The van der Waals surface area contributed by atoms with Gasteiger partial charge in [-0.2, -0.15) is 13.2 Å². The molecular weight excluding hydrogens is 349 g/mol. The van der Waals surface area contributed by atoms with Crippen LogP contribution >= 0.6 is 0 Å². The highest BCUT2D eigenvalue weighted by molar-refractivity contribution is 7.89. The summed E-state index contributed by atoms with van der Waals surface area (Å²) in [7, 11) is -3.73. The third kappa shape index (κ3) is 6.94. The first kappa shape index (κ1) is 19.5. The van der Waals surface area contributed by atoms with Crippen LogP contribution in [0.15, 0.2) is 0 Å². The van der Waals surface area contributed by atoms with Crippen LogP contribution in [-0.2, 0) is 14.8 Å². The maximum Gasteiger partial charge on any atom is 0.389 e. The fourth-order valence-corrected chi connectivity index (χ4v) is 4.25. The monoisotopic (exact) mass is 372 g/mol. The third-order valence-corrected chi connectivity index (χ3v) is 5.90. The fraction of sp³-hybridized carbons (Fsp3) is 0.929. The Kier molecular flexibility index (Phi) is 6.14. The van der Waals surface area contributed by atoms with Crippen molar-refractivity contribution in [2.24, 2.45) is 5.92 Å². The van der Waals surface area contributed by atoms with Gasteiger partial charge in [0.2, 0.25) is 10.0 Å². The van der Waals surface area contributed by atoms with Crippen LogP contribution in [0.25, 0.3) is 0 Å². The molecule has 24 heavy (non-hydrogen) atoms. The van der Waals surface area contributed by atoms with Crippen LogP contribution in [0.5, 0.6) is 0 Å². The van der Waals surface area contributed by atoms with E-state index in [0.717, 1.165) is 12.8 Å². The van der Waals surface area contributed by atoms with E-state index in [1.807, 2.05) is 4.90 Å². The molecule has 2 aliphatic carbocycles. The molecule has 0 radical (unpaired) electrons. The molecule has 0 aromatic carbocycles. The Morgan fingerprint density at radius 1 is 1.25 bits per heavy atom. The molecule has 0 unspecified atom stereocenters. The van der Waals surface area contributed by atoms with E-state index in [-0.39, 0.29) is 18.6 Å². The number of nitrogens with one attached hydrogen (secondary N) is 1. The highest BCUT2D eigenvalue weighted by Gasteiger charge is 2.38. The Morgan fingerprint density at radius 2 is 1.88 bits per heavy atom. The molecule has 2 aliphatic rings. The highest BCUT2D eigenvalue weighted by atomic mass is 32.2. The second-order valence-corrected chi connectivity index (χ2v) is 8.62. The zero-order valence-corrected chi connectivity index (χ0v) is 14.1. The maximum absolute atomic E-state index is 12.1. The first-order valence-corrected chi connectivity index (χ1v) is 9.72. The first-order chi connectivity index (χ1) is 11.0. The largest absolute Gasteiger partial charge is 0.480 e. The molecule has 140 valence electrons. The molecule has 2 N–H and O–H groups in total. The average molecular weight is 372 g/mol. The van der Waals surface area contributed by atoms with Gasteiger partial charge < -0.3 is 5.11 Å². The van der Waals surface area contributed by atoms with Crippen molar-refractivity contribution in [3.05, 3.63) is 0 Å². The number of alkyl halides is 3. The van der Waals surface area contributed by atoms with Crippen molar-refractivity contribution >= 4 is 16.0 Å². The number of halogens is 3. The lowest BCUT2D eigenvalue weighted by molar-refractivity contribution is -0.139. The van der Waals surface area contributed by atoms with Crippen molar-refractivity contribution in [2.45, 2.75) is 56.8 Å². The van der Waals surface area contributed by atoms with Gasteiger partial charge in [-0.3, -0.25) is 9.69 Å². The minimum atomic E-state index is -4.35. The summed E-state index contributed by atoms with van der Waals surface area (Å²) in [6.45, 7) is 0.647. The third-order valence-electron chi connectivity index (χ3n) is 4.38. The van der Waals surface area contributed by atoms with Gasteiger partial charge in [0.25, 0.3) is 0 Å². The van der Waals surface area contributed by atoms with Crippen LogP contribution < -0.4 is 4.72 Å². The molecule has 0 saturated heterocycles. The van der Waals surface area contributed by atoms with Gasteiger partial charge in [-0.25, -0.2) is 13.1 Å². The minimum absolute atomic E-state index is 0.0181. The molecule has 10 heteroatoms. The fourth-order valence-electron chi connectivity index (χ4n) is 2.91. The van der Waals surface area contributed by atoms with Crippen LogP contribution in [-0.4, -0.2) is 61.5 Å². The lowest BCUT2D eigenvalue weighted by Crippen LogP contribution is -2.55. The molecule has 0 atom stereocenters. The van der Waals surface area contributed by atoms with Crippen molar-refractivity contribution in [1.82, 2.24) is 9.62 Å². The Balaban J connectivity index is 1.72. The second kappa shape index (κ2) is 7.57. The summed E-state index contributed by atoms with van der Waals surface area (Å²) in [6, 6.07) is -0.300. The molecule has 0 bridgehead atoms. The van der Waals surface area contributed by atoms with E-state index in [9.17, 15) is 26.4 Å². The zero-order chi connectivity index (χ0) is 18.0. The summed E-state index contributed by atoms with van der Waals surface area (Å²) in [4.78, 5) is 12.8. The van der Waals surface area contributed by atoms with Crippen LogP contribution in [0, 0.1) is 5.92 Å².